The molecule has 1 nitrogen and oxygen atoms in total. The predicted molar refractivity (Wildman–Crippen MR) is 57.7 cm³/mol. The van der Waals surface area contributed by atoms with Gasteiger partial charge in [0.2, 0.25) is 0 Å². The normalized spacial score (nSPS) is 10.0. The fraction of sp³-hybridized carbons (Fsp3) is 0.200. The second-order valence-electron chi connectivity index (χ2n) is 2.92. The molecule has 1 N–H and O–H groups in total. The highest BCUT2D eigenvalue weighted by atomic mass is 79.9. The molecule has 0 aliphatic heterocycles. The number of benzene rings is 1. The first kappa shape index (κ1) is 11.2. The fourth-order valence-electron chi connectivity index (χ4n) is 1.00. The molecule has 0 atom stereocenters. The number of rotatable bonds is 3. The van der Waals surface area contributed by atoms with Crippen molar-refractivity contribution < 1.29 is 8.78 Å². The van der Waals surface area contributed by atoms with Crippen LogP contribution in [0.25, 0.3) is 0 Å². The van der Waals surface area contributed by atoms with Crippen molar-refractivity contribution in [2.45, 2.75) is 6.92 Å². The highest BCUT2D eigenvalue weighted by Crippen LogP contribution is 2.21. The van der Waals surface area contributed by atoms with Crippen LogP contribution in [0.1, 0.15) is 5.56 Å². The number of hydrogen-bond acceptors (Lipinski definition) is 1. The molecule has 0 aliphatic rings. The zero-order valence-electron chi connectivity index (χ0n) is 7.70. The van der Waals surface area contributed by atoms with Crippen LogP contribution in [-0.2, 0) is 0 Å². The van der Waals surface area contributed by atoms with Crippen LogP contribution >= 0.6 is 15.9 Å². The van der Waals surface area contributed by atoms with Gasteiger partial charge in [0.15, 0.2) is 5.82 Å². The maximum Gasteiger partial charge on any atom is 0.152 e. The van der Waals surface area contributed by atoms with E-state index in [0.717, 1.165) is 0 Å². The van der Waals surface area contributed by atoms with E-state index in [9.17, 15) is 8.78 Å². The quantitative estimate of drug-likeness (QED) is 0.877. The van der Waals surface area contributed by atoms with Crippen LogP contribution in [0.15, 0.2) is 23.2 Å². The van der Waals surface area contributed by atoms with Crippen molar-refractivity contribution in [3.63, 3.8) is 0 Å². The third-order valence-electron chi connectivity index (χ3n) is 1.74. The summed E-state index contributed by atoms with van der Waals surface area (Å²) in [6.07, 6.45) is 0. The Morgan fingerprint density at radius 3 is 2.71 bits per heavy atom. The Morgan fingerprint density at radius 1 is 1.50 bits per heavy atom. The lowest BCUT2D eigenvalue weighted by atomic mass is 10.2. The summed E-state index contributed by atoms with van der Waals surface area (Å²) >= 11 is 3.10. The second-order valence-corrected chi connectivity index (χ2v) is 4.05. The molecule has 1 rings (SSSR count). The average Bonchev–Trinajstić information content (AvgIpc) is 2.11. The fourth-order valence-corrected chi connectivity index (χ4v) is 1.14. The van der Waals surface area contributed by atoms with E-state index in [1.165, 1.54) is 12.1 Å². The number of nitrogens with one attached hydrogen (secondary N) is 1. The van der Waals surface area contributed by atoms with Crippen molar-refractivity contribution in [2.24, 2.45) is 0 Å². The van der Waals surface area contributed by atoms with Crippen LogP contribution in [0.2, 0.25) is 0 Å². The van der Waals surface area contributed by atoms with Gasteiger partial charge in [-0.2, -0.15) is 0 Å². The number of hydrogen-bond donors (Lipinski definition) is 1. The molecule has 76 valence electrons. The third-order valence-corrected chi connectivity index (χ3v) is 2.02. The number of anilines is 1. The van der Waals surface area contributed by atoms with Gasteiger partial charge in [0.1, 0.15) is 11.5 Å². The largest absolute Gasteiger partial charge is 0.376 e. The van der Waals surface area contributed by atoms with Crippen LogP contribution in [0, 0.1) is 18.6 Å². The summed E-state index contributed by atoms with van der Waals surface area (Å²) in [5, 5.41) is 2.63. The van der Waals surface area contributed by atoms with E-state index in [1.807, 2.05) is 0 Å². The first-order valence-corrected chi connectivity index (χ1v) is 4.83. The summed E-state index contributed by atoms with van der Waals surface area (Å²) in [7, 11) is 0. The lowest BCUT2D eigenvalue weighted by Gasteiger charge is -2.09. The molecule has 4 heteroatoms. The molecular formula is C10H10BrF2N. The van der Waals surface area contributed by atoms with Crippen molar-refractivity contribution in [3.8, 4) is 0 Å². The third kappa shape index (κ3) is 2.54. The SMILES string of the molecule is C=C(Br)CNc1c(F)ccc(C)c1F. The van der Waals surface area contributed by atoms with Crippen molar-refractivity contribution in [2.75, 3.05) is 11.9 Å². The minimum atomic E-state index is -0.596. The van der Waals surface area contributed by atoms with Crippen LogP contribution in [0.3, 0.4) is 0 Å². The monoisotopic (exact) mass is 261 g/mol. The van der Waals surface area contributed by atoms with E-state index >= 15 is 0 Å². The minimum Gasteiger partial charge on any atom is -0.376 e. The van der Waals surface area contributed by atoms with E-state index in [4.69, 9.17) is 0 Å². The zero-order chi connectivity index (χ0) is 10.7. The Bertz CT molecular complexity index is 363. The summed E-state index contributed by atoms with van der Waals surface area (Å²) < 4.78 is 27.1. The van der Waals surface area contributed by atoms with Gasteiger partial charge < -0.3 is 5.32 Å². The van der Waals surface area contributed by atoms with E-state index < -0.39 is 11.6 Å². The van der Waals surface area contributed by atoms with Gasteiger partial charge in [0.05, 0.1) is 0 Å². The standard InChI is InChI=1S/C10H10BrF2N/c1-6-3-4-8(12)10(9(6)13)14-5-7(2)11/h3-4,14H,2,5H2,1H3. The lowest BCUT2D eigenvalue weighted by molar-refractivity contribution is 0.583. The van der Waals surface area contributed by atoms with Crippen LogP contribution in [0.4, 0.5) is 14.5 Å². The molecule has 0 amide bonds. The Labute approximate surface area is 90.0 Å². The van der Waals surface area contributed by atoms with Crippen molar-refractivity contribution in [1.29, 1.82) is 0 Å². The maximum atomic E-state index is 13.4. The highest BCUT2D eigenvalue weighted by molar-refractivity contribution is 9.11. The number of halogens is 3. The van der Waals surface area contributed by atoms with Crippen molar-refractivity contribution >= 4 is 21.6 Å². The highest BCUT2D eigenvalue weighted by Gasteiger charge is 2.10. The molecule has 1 aromatic carbocycles. The summed E-state index contributed by atoms with van der Waals surface area (Å²) in [6.45, 7) is 5.44. The van der Waals surface area contributed by atoms with Gasteiger partial charge in [-0.25, -0.2) is 8.78 Å². The van der Waals surface area contributed by atoms with Crippen LogP contribution < -0.4 is 5.32 Å². The van der Waals surface area contributed by atoms with Crippen molar-refractivity contribution in [1.82, 2.24) is 0 Å². The summed E-state index contributed by atoms with van der Waals surface area (Å²) in [4.78, 5) is 0. The van der Waals surface area contributed by atoms with Gasteiger partial charge >= 0.3 is 0 Å². The Kier molecular flexibility index (Phi) is 3.63. The van der Waals surface area contributed by atoms with Gasteiger partial charge in [-0.3, -0.25) is 0 Å². The van der Waals surface area contributed by atoms with Gasteiger partial charge in [-0.05, 0) is 18.6 Å². The lowest BCUT2D eigenvalue weighted by Crippen LogP contribution is -2.06. The molecule has 0 fully saturated rings. The molecule has 0 aromatic heterocycles. The smallest absolute Gasteiger partial charge is 0.152 e. The van der Waals surface area contributed by atoms with Crippen LogP contribution in [0.5, 0.6) is 0 Å². The Morgan fingerprint density at radius 2 is 2.14 bits per heavy atom. The van der Waals surface area contributed by atoms with Gasteiger partial charge in [0, 0.05) is 11.0 Å². The first-order chi connectivity index (χ1) is 6.52. The Hall–Kier alpha value is -0.900. The van der Waals surface area contributed by atoms with Gasteiger partial charge in [-0.15, -0.1) is 0 Å². The predicted octanol–water partition coefficient (Wildman–Crippen LogP) is 3.59. The Balaban J connectivity index is 2.95. The molecule has 0 unspecified atom stereocenters. The van der Waals surface area contributed by atoms with E-state index in [2.05, 4.69) is 27.8 Å². The molecule has 0 heterocycles. The van der Waals surface area contributed by atoms with E-state index in [0.29, 0.717) is 10.0 Å². The average molecular weight is 262 g/mol. The van der Waals surface area contributed by atoms with Gasteiger partial charge in [-0.1, -0.05) is 28.6 Å². The first-order valence-electron chi connectivity index (χ1n) is 4.04. The van der Waals surface area contributed by atoms with Crippen molar-refractivity contribution in [3.05, 3.63) is 40.4 Å². The number of aryl methyl sites for hydroxylation is 1. The molecule has 0 aliphatic carbocycles. The topological polar surface area (TPSA) is 12.0 Å². The molecule has 0 bridgehead atoms. The minimum absolute atomic E-state index is 0.106. The zero-order valence-corrected chi connectivity index (χ0v) is 9.29. The maximum absolute atomic E-state index is 13.4. The molecular weight excluding hydrogens is 252 g/mol. The van der Waals surface area contributed by atoms with Crippen LogP contribution in [-0.4, -0.2) is 6.54 Å². The second kappa shape index (κ2) is 4.55. The summed E-state index contributed by atoms with van der Waals surface area (Å²) in [5.74, 6) is -1.15. The molecule has 0 saturated heterocycles. The molecule has 0 radical (unpaired) electrons. The molecule has 0 saturated carbocycles. The molecule has 1 aromatic rings. The van der Waals surface area contributed by atoms with E-state index in [-0.39, 0.29) is 12.2 Å². The van der Waals surface area contributed by atoms with Gasteiger partial charge in [0.25, 0.3) is 0 Å². The molecule has 14 heavy (non-hydrogen) atoms. The summed E-state index contributed by atoms with van der Waals surface area (Å²) in [6, 6.07) is 2.64. The summed E-state index contributed by atoms with van der Waals surface area (Å²) in [5.41, 5.74) is 0.305. The molecule has 0 spiro atoms. The van der Waals surface area contributed by atoms with E-state index in [1.54, 1.807) is 6.92 Å².